The number of carbonyl (C=O) groups excluding carboxylic acids is 2. The zero-order valence-electron chi connectivity index (χ0n) is 15.1. The van der Waals surface area contributed by atoms with E-state index in [0.29, 0.717) is 30.1 Å². The van der Waals surface area contributed by atoms with Crippen LogP contribution in [0.3, 0.4) is 0 Å². The summed E-state index contributed by atoms with van der Waals surface area (Å²) in [6.07, 6.45) is 5.18. The lowest BCUT2D eigenvalue weighted by Crippen LogP contribution is -2.19. The number of hydrogen-bond donors (Lipinski definition) is 1. The summed E-state index contributed by atoms with van der Waals surface area (Å²) in [7, 11) is 0. The van der Waals surface area contributed by atoms with Crippen LogP contribution in [0.5, 0.6) is 5.75 Å². The van der Waals surface area contributed by atoms with Crippen LogP contribution in [0.4, 0.5) is 5.69 Å². The molecule has 2 N–H and O–H groups in total. The summed E-state index contributed by atoms with van der Waals surface area (Å²) in [5, 5.41) is 0. The number of carbonyl (C=O) groups is 2. The van der Waals surface area contributed by atoms with E-state index in [-0.39, 0.29) is 0 Å². The van der Waals surface area contributed by atoms with E-state index in [4.69, 9.17) is 15.2 Å². The third kappa shape index (κ3) is 4.97. The Labute approximate surface area is 158 Å². The summed E-state index contributed by atoms with van der Waals surface area (Å²) in [6.45, 7) is 1.18. The number of unbranched alkanes of at least 4 members (excludes halogenated alkanes) is 3. The van der Waals surface area contributed by atoms with Crippen molar-refractivity contribution in [3.63, 3.8) is 0 Å². The minimum absolute atomic E-state index is 0.416. The van der Waals surface area contributed by atoms with Crippen LogP contribution in [0.2, 0.25) is 0 Å². The van der Waals surface area contributed by atoms with Gasteiger partial charge in [-0.3, -0.25) is 9.59 Å². The average molecular weight is 365 g/mol. The third-order valence-electron chi connectivity index (χ3n) is 4.37. The predicted molar refractivity (Wildman–Crippen MR) is 105 cm³/mol. The standard InChI is InChI=1S/C22H23NO4/c23-16-9-11-17(12-10-16)26-13-5-1-2-6-14-27-21-15-20(24)22(25)19-8-4-3-7-18(19)21/h3-4,7-12,15H,1-2,5-6,13-14,23H2. The van der Waals surface area contributed by atoms with Crippen molar-refractivity contribution in [3.05, 3.63) is 65.7 Å². The molecule has 0 unspecified atom stereocenters. The summed E-state index contributed by atoms with van der Waals surface area (Å²) in [6, 6.07) is 14.4. The lowest BCUT2D eigenvalue weighted by atomic mass is 9.94. The normalized spacial score (nSPS) is 13.1. The van der Waals surface area contributed by atoms with Crippen molar-refractivity contribution in [3.8, 4) is 5.75 Å². The first-order valence-electron chi connectivity index (χ1n) is 9.16. The number of fused-ring (bicyclic) bond motifs is 1. The molecule has 0 aromatic heterocycles. The number of benzene rings is 2. The number of ketones is 2. The number of nitrogens with two attached hydrogens (primary N) is 1. The molecule has 5 nitrogen and oxygen atoms in total. The van der Waals surface area contributed by atoms with E-state index in [2.05, 4.69) is 0 Å². The zero-order valence-corrected chi connectivity index (χ0v) is 15.1. The van der Waals surface area contributed by atoms with E-state index in [9.17, 15) is 9.59 Å². The summed E-state index contributed by atoms with van der Waals surface area (Å²) in [5.74, 6) is 0.319. The molecule has 0 amide bonds. The Bertz CT molecular complexity index is 840. The minimum atomic E-state index is -0.525. The molecule has 5 heteroatoms. The monoisotopic (exact) mass is 365 g/mol. The third-order valence-corrected chi connectivity index (χ3v) is 4.37. The molecular weight excluding hydrogens is 342 g/mol. The van der Waals surface area contributed by atoms with Crippen molar-refractivity contribution in [2.24, 2.45) is 0 Å². The van der Waals surface area contributed by atoms with Crippen molar-refractivity contribution >= 4 is 23.0 Å². The molecule has 0 fully saturated rings. The van der Waals surface area contributed by atoms with E-state index in [1.54, 1.807) is 18.2 Å². The van der Waals surface area contributed by atoms with Gasteiger partial charge in [0.25, 0.3) is 0 Å². The smallest absolute Gasteiger partial charge is 0.233 e. The Morgan fingerprint density at radius 2 is 1.37 bits per heavy atom. The largest absolute Gasteiger partial charge is 0.494 e. The van der Waals surface area contributed by atoms with E-state index in [1.165, 1.54) is 6.08 Å². The van der Waals surface area contributed by atoms with E-state index >= 15 is 0 Å². The molecule has 3 rings (SSSR count). The Hall–Kier alpha value is -3.08. The number of nitrogen functional groups attached to an aromatic ring is 1. The van der Waals surface area contributed by atoms with Crippen molar-refractivity contribution in [2.75, 3.05) is 18.9 Å². The number of allylic oxidation sites excluding steroid dienone is 1. The number of Topliss-reactive ketones (excluding diaryl/α,β-unsaturated/α-hetero) is 1. The molecule has 0 spiro atoms. The van der Waals surface area contributed by atoms with Crippen LogP contribution < -0.4 is 10.5 Å². The molecular formula is C22H23NO4. The topological polar surface area (TPSA) is 78.6 Å². The molecule has 27 heavy (non-hydrogen) atoms. The van der Waals surface area contributed by atoms with E-state index in [1.807, 2.05) is 30.3 Å². The second-order valence-corrected chi connectivity index (χ2v) is 6.43. The Morgan fingerprint density at radius 1 is 0.741 bits per heavy atom. The molecule has 1 aliphatic rings. The highest BCUT2D eigenvalue weighted by molar-refractivity contribution is 6.50. The highest BCUT2D eigenvalue weighted by Gasteiger charge is 2.26. The van der Waals surface area contributed by atoms with Gasteiger partial charge in [0.2, 0.25) is 11.6 Å². The van der Waals surface area contributed by atoms with Gasteiger partial charge in [-0.15, -0.1) is 0 Å². The van der Waals surface area contributed by atoms with Gasteiger partial charge in [-0.2, -0.15) is 0 Å². The van der Waals surface area contributed by atoms with Gasteiger partial charge in [0, 0.05) is 22.9 Å². The van der Waals surface area contributed by atoms with Gasteiger partial charge in [0.15, 0.2) is 0 Å². The van der Waals surface area contributed by atoms with Gasteiger partial charge in [-0.05, 0) is 49.9 Å². The summed E-state index contributed by atoms with van der Waals surface area (Å²) < 4.78 is 11.4. The van der Waals surface area contributed by atoms with Crippen LogP contribution in [-0.4, -0.2) is 24.8 Å². The maximum Gasteiger partial charge on any atom is 0.233 e. The zero-order chi connectivity index (χ0) is 19.1. The number of anilines is 1. The molecule has 0 bridgehead atoms. The molecule has 0 aliphatic heterocycles. The predicted octanol–water partition coefficient (Wildman–Crippen LogP) is 4.03. The van der Waals surface area contributed by atoms with E-state index < -0.39 is 11.6 Å². The molecule has 2 aromatic carbocycles. The van der Waals surface area contributed by atoms with Crippen molar-refractivity contribution in [1.29, 1.82) is 0 Å². The molecule has 0 saturated heterocycles. The second kappa shape index (κ2) is 9.03. The molecule has 140 valence electrons. The lowest BCUT2D eigenvalue weighted by Gasteiger charge is -2.16. The van der Waals surface area contributed by atoms with Gasteiger partial charge in [0.05, 0.1) is 13.2 Å². The SMILES string of the molecule is Nc1ccc(OCCCCCCOC2=CC(=O)C(=O)c3ccccc32)cc1. The molecule has 0 heterocycles. The van der Waals surface area contributed by atoms with Crippen LogP contribution in [0.1, 0.15) is 41.6 Å². The Kier molecular flexibility index (Phi) is 6.26. The number of hydrogen-bond acceptors (Lipinski definition) is 5. The van der Waals surface area contributed by atoms with Gasteiger partial charge >= 0.3 is 0 Å². The van der Waals surface area contributed by atoms with Crippen molar-refractivity contribution in [1.82, 2.24) is 0 Å². The molecule has 0 saturated carbocycles. The first-order valence-corrected chi connectivity index (χ1v) is 9.16. The fourth-order valence-electron chi connectivity index (χ4n) is 2.90. The first kappa shape index (κ1) is 18.7. The molecule has 1 aliphatic carbocycles. The maximum absolute atomic E-state index is 11.9. The van der Waals surface area contributed by atoms with Gasteiger partial charge in [-0.25, -0.2) is 0 Å². The summed E-state index contributed by atoms with van der Waals surface area (Å²) in [4.78, 5) is 23.7. The molecule has 0 radical (unpaired) electrons. The molecule has 0 atom stereocenters. The van der Waals surface area contributed by atoms with Gasteiger partial charge < -0.3 is 15.2 Å². The number of rotatable bonds is 9. The fraction of sp³-hybridized carbons (Fsp3) is 0.273. The fourth-order valence-corrected chi connectivity index (χ4v) is 2.90. The highest BCUT2D eigenvalue weighted by atomic mass is 16.5. The second-order valence-electron chi connectivity index (χ2n) is 6.43. The van der Waals surface area contributed by atoms with E-state index in [0.717, 1.165) is 37.1 Å². The van der Waals surface area contributed by atoms with Crippen LogP contribution in [0.15, 0.2) is 54.6 Å². The summed E-state index contributed by atoms with van der Waals surface area (Å²) >= 11 is 0. The first-order chi connectivity index (χ1) is 13.1. The van der Waals surface area contributed by atoms with Crippen LogP contribution in [0.25, 0.3) is 5.76 Å². The minimum Gasteiger partial charge on any atom is -0.494 e. The maximum atomic E-state index is 11.9. The van der Waals surface area contributed by atoms with Crippen molar-refractivity contribution < 1.29 is 19.1 Å². The Morgan fingerprint density at radius 3 is 2.07 bits per heavy atom. The van der Waals surface area contributed by atoms with Crippen molar-refractivity contribution in [2.45, 2.75) is 25.7 Å². The number of ether oxygens (including phenoxy) is 2. The molecule has 2 aromatic rings. The summed E-state index contributed by atoms with van der Waals surface area (Å²) in [5.41, 5.74) is 7.47. The Balaban J connectivity index is 1.34. The average Bonchev–Trinajstić information content (AvgIpc) is 2.69. The van der Waals surface area contributed by atoms with Crippen LogP contribution in [0, 0.1) is 0 Å². The lowest BCUT2D eigenvalue weighted by molar-refractivity contribution is -0.111. The van der Waals surface area contributed by atoms with Gasteiger partial charge in [0.1, 0.15) is 11.5 Å². The van der Waals surface area contributed by atoms with Crippen LogP contribution >= 0.6 is 0 Å². The highest BCUT2D eigenvalue weighted by Crippen LogP contribution is 2.26. The van der Waals surface area contributed by atoms with Crippen LogP contribution in [-0.2, 0) is 9.53 Å². The quantitative estimate of drug-likeness (QED) is 0.412. The van der Waals surface area contributed by atoms with Gasteiger partial charge in [-0.1, -0.05) is 24.3 Å².